The van der Waals surface area contributed by atoms with E-state index in [2.05, 4.69) is 26.0 Å². The van der Waals surface area contributed by atoms with Crippen LogP contribution < -0.4 is 0 Å². The van der Waals surface area contributed by atoms with E-state index in [1.54, 1.807) is 0 Å². The molecule has 4 nitrogen and oxygen atoms in total. The summed E-state index contributed by atoms with van der Waals surface area (Å²) in [5, 5.41) is 0. The number of hydrogen-bond acceptors (Lipinski definition) is 3. The van der Waals surface area contributed by atoms with Gasteiger partial charge >= 0.3 is 6.09 Å². The third-order valence-corrected chi connectivity index (χ3v) is 4.93. The van der Waals surface area contributed by atoms with Gasteiger partial charge in [0.2, 0.25) is 0 Å². The Morgan fingerprint density at radius 2 is 1.62 bits per heavy atom. The third-order valence-electron chi connectivity index (χ3n) is 4.93. The summed E-state index contributed by atoms with van der Waals surface area (Å²) in [6.07, 6.45) is 4.42. The standard InChI is InChI=1S/C25H37NO3/c1-7-12-22-21(16-17-28-18-20-14-10-9-11-15-20)19(3)26(23(22)13-8-2)24(27)29-25(4,5)6/h9-11,14-15H,7-8,12-13,16-18H2,1-6H3. The van der Waals surface area contributed by atoms with E-state index in [9.17, 15) is 4.79 Å². The molecule has 4 heteroatoms. The molecule has 0 spiro atoms. The molecule has 1 aromatic carbocycles. The minimum atomic E-state index is -0.513. The quantitative estimate of drug-likeness (QED) is 0.468. The molecule has 0 atom stereocenters. The molecule has 0 fully saturated rings. The number of benzene rings is 1. The molecule has 0 aliphatic carbocycles. The van der Waals surface area contributed by atoms with Crippen molar-refractivity contribution in [2.24, 2.45) is 0 Å². The highest BCUT2D eigenvalue weighted by molar-refractivity contribution is 5.74. The molecule has 0 radical (unpaired) electrons. The maximum atomic E-state index is 13.0. The Morgan fingerprint density at radius 1 is 0.966 bits per heavy atom. The van der Waals surface area contributed by atoms with Crippen LogP contribution in [0.3, 0.4) is 0 Å². The fraction of sp³-hybridized carbons (Fsp3) is 0.560. The van der Waals surface area contributed by atoms with Crippen molar-refractivity contribution in [2.75, 3.05) is 6.61 Å². The maximum Gasteiger partial charge on any atom is 0.418 e. The fourth-order valence-corrected chi connectivity index (χ4v) is 3.73. The number of carbonyl (C=O) groups excluding carboxylic acids is 1. The molecule has 2 aromatic rings. The summed E-state index contributed by atoms with van der Waals surface area (Å²) < 4.78 is 13.5. The zero-order chi connectivity index (χ0) is 21.4. The fourth-order valence-electron chi connectivity index (χ4n) is 3.73. The van der Waals surface area contributed by atoms with Crippen LogP contribution in [0.25, 0.3) is 0 Å². The van der Waals surface area contributed by atoms with Crippen molar-refractivity contribution >= 4 is 6.09 Å². The summed E-state index contributed by atoms with van der Waals surface area (Å²) in [7, 11) is 0. The van der Waals surface area contributed by atoms with Crippen molar-refractivity contribution in [1.29, 1.82) is 0 Å². The minimum Gasteiger partial charge on any atom is -0.443 e. The lowest BCUT2D eigenvalue weighted by molar-refractivity contribution is 0.0529. The molecule has 0 bridgehead atoms. The average molecular weight is 400 g/mol. The van der Waals surface area contributed by atoms with Gasteiger partial charge in [-0.15, -0.1) is 0 Å². The highest BCUT2D eigenvalue weighted by Crippen LogP contribution is 2.28. The topological polar surface area (TPSA) is 40.5 Å². The van der Waals surface area contributed by atoms with Crippen LogP contribution >= 0.6 is 0 Å². The van der Waals surface area contributed by atoms with Gasteiger partial charge in [-0.2, -0.15) is 0 Å². The molecule has 0 saturated heterocycles. The van der Waals surface area contributed by atoms with Gasteiger partial charge in [0, 0.05) is 11.4 Å². The zero-order valence-electron chi connectivity index (χ0n) is 19.0. The highest BCUT2D eigenvalue weighted by Gasteiger charge is 2.26. The van der Waals surface area contributed by atoms with Crippen LogP contribution in [0.1, 0.15) is 75.5 Å². The number of hydrogen-bond donors (Lipinski definition) is 0. The van der Waals surface area contributed by atoms with E-state index in [1.165, 1.54) is 16.7 Å². The predicted octanol–water partition coefficient (Wildman–Crippen LogP) is 6.24. The lowest BCUT2D eigenvalue weighted by atomic mass is 10.00. The van der Waals surface area contributed by atoms with Crippen molar-refractivity contribution < 1.29 is 14.3 Å². The molecular formula is C25H37NO3. The number of nitrogens with zero attached hydrogens (tertiary/aromatic N) is 1. The Balaban J connectivity index is 2.24. The summed E-state index contributed by atoms with van der Waals surface area (Å²) in [4.78, 5) is 13.0. The van der Waals surface area contributed by atoms with Crippen molar-refractivity contribution in [2.45, 2.75) is 85.9 Å². The van der Waals surface area contributed by atoms with Crippen LogP contribution in [0.15, 0.2) is 30.3 Å². The lowest BCUT2D eigenvalue weighted by Crippen LogP contribution is -2.28. The first-order valence-corrected chi connectivity index (χ1v) is 10.8. The minimum absolute atomic E-state index is 0.271. The molecule has 29 heavy (non-hydrogen) atoms. The van der Waals surface area contributed by atoms with Gasteiger partial charge in [0.1, 0.15) is 5.60 Å². The first-order chi connectivity index (χ1) is 13.8. The second kappa shape index (κ2) is 10.6. The molecule has 0 aliphatic heterocycles. The van der Waals surface area contributed by atoms with E-state index < -0.39 is 5.60 Å². The van der Waals surface area contributed by atoms with Gasteiger partial charge in [-0.3, -0.25) is 4.57 Å². The number of carbonyl (C=O) groups is 1. The van der Waals surface area contributed by atoms with Crippen LogP contribution in [-0.4, -0.2) is 22.9 Å². The summed E-state index contributed by atoms with van der Waals surface area (Å²) in [6, 6.07) is 10.2. The van der Waals surface area contributed by atoms with E-state index in [-0.39, 0.29) is 6.09 Å². The van der Waals surface area contributed by atoms with Crippen molar-refractivity contribution in [3.63, 3.8) is 0 Å². The Kier molecular flexibility index (Phi) is 8.51. The van der Waals surface area contributed by atoms with Crippen molar-refractivity contribution in [3.8, 4) is 0 Å². The van der Waals surface area contributed by atoms with Crippen LogP contribution in [-0.2, 0) is 35.3 Å². The maximum absolute atomic E-state index is 13.0. The van der Waals surface area contributed by atoms with Gasteiger partial charge in [-0.1, -0.05) is 57.0 Å². The molecule has 2 rings (SSSR count). The smallest absolute Gasteiger partial charge is 0.418 e. The first kappa shape index (κ1) is 23.2. The molecule has 160 valence electrons. The Labute approximate surface area is 176 Å². The number of ether oxygens (including phenoxy) is 2. The van der Waals surface area contributed by atoms with E-state index in [0.717, 1.165) is 43.5 Å². The second-order valence-electron chi connectivity index (χ2n) is 8.59. The molecule has 0 N–H and O–H groups in total. The summed E-state index contributed by atoms with van der Waals surface area (Å²) >= 11 is 0. The van der Waals surface area contributed by atoms with Gasteiger partial charge in [-0.05, 0) is 63.6 Å². The van der Waals surface area contributed by atoms with Gasteiger partial charge in [-0.25, -0.2) is 4.79 Å². The highest BCUT2D eigenvalue weighted by atomic mass is 16.6. The van der Waals surface area contributed by atoms with E-state index in [1.807, 2.05) is 50.5 Å². The van der Waals surface area contributed by atoms with Gasteiger partial charge in [0.25, 0.3) is 0 Å². The van der Waals surface area contributed by atoms with E-state index in [4.69, 9.17) is 9.47 Å². The largest absolute Gasteiger partial charge is 0.443 e. The molecule has 0 amide bonds. The second-order valence-corrected chi connectivity index (χ2v) is 8.59. The molecule has 1 heterocycles. The molecule has 0 aliphatic rings. The predicted molar refractivity (Wildman–Crippen MR) is 119 cm³/mol. The van der Waals surface area contributed by atoms with Gasteiger partial charge < -0.3 is 9.47 Å². The molecule has 0 saturated carbocycles. The Bertz CT molecular complexity index is 785. The monoisotopic (exact) mass is 399 g/mol. The van der Waals surface area contributed by atoms with E-state index in [0.29, 0.717) is 13.2 Å². The summed E-state index contributed by atoms with van der Waals surface area (Å²) in [5.41, 5.74) is 5.32. The summed E-state index contributed by atoms with van der Waals surface area (Å²) in [5.74, 6) is 0. The molecule has 1 aromatic heterocycles. The third kappa shape index (κ3) is 6.46. The lowest BCUT2D eigenvalue weighted by Gasteiger charge is -2.21. The SMILES string of the molecule is CCCc1c(CCOCc2ccccc2)c(C)n(C(=O)OC(C)(C)C)c1CCC. The zero-order valence-corrected chi connectivity index (χ0v) is 19.0. The Hall–Kier alpha value is -2.07. The number of rotatable bonds is 9. The van der Waals surface area contributed by atoms with Crippen LogP contribution in [0, 0.1) is 6.92 Å². The molecular weight excluding hydrogens is 362 g/mol. The van der Waals surface area contributed by atoms with Crippen LogP contribution in [0.5, 0.6) is 0 Å². The molecule has 0 unspecified atom stereocenters. The van der Waals surface area contributed by atoms with Crippen LogP contribution in [0.4, 0.5) is 4.79 Å². The normalized spacial score (nSPS) is 11.7. The van der Waals surface area contributed by atoms with Crippen molar-refractivity contribution in [3.05, 3.63) is 58.4 Å². The van der Waals surface area contributed by atoms with E-state index >= 15 is 0 Å². The Morgan fingerprint density at radius 3 is 2.21 bits per heavy atom. The van der Waals surface area contributed by atoms with Gasteiger partial charge in [0.05, 0.1) is 13.2 Å². The van der Waals surface area contributed by atoms with Crippen molar-refractivity contribution in [1.82, 2.24) is 4.57 Å². The average Bonchev–Trinajstić information content (AvgIpc) is 2.90. The number of aromatic nitrogens is 1. The first-order valence-electron chi connectivity index (χ1n) is 10.8. The summed E-state index contributed by atoms with van der Waals surface area (Å²) in [6.45, 7) is 13.4. The van der Waals surface area contributed by atoms with Crippen LogP contribution in [0.2, 0.25) is 0 Å². The van der Waals surface area contributed by atoms with Gasteiger partial charge in [0.15, 0.2) is 0 Å².